The number of hydrogen-bond acceptors (Lipinski definition) is 4. The summed E-state index contributed by atoms with van der Waals surface area (Å²) in [7, 11) is 1.56. The summed E-state index contributed by atoms with van der Waals surface area (Å²) in [6, 6.07) is 11.2. The number of rotatable bonds is 3. The lowest BCUT2D eigenvalue weighted by atomic mass is 9.79. The number of urea groups is 1. The summed E-state index contributed by atoms with van der Waals surface area (Å²) in [5.41, 5.74) is 0.109. The lowest BCUT2D eigenvalue weighted by Gasteiger charge is -2.49. The third kappa shape index (κ3) is 3.04. The van der Waals surface area contributed by atoms with Crippen LogP contribution in [0.15, 0.2) is 42.5 Å². The smallest absolute Gasteiger partial charge is 0.318 e. The van der Waals surface area contributed by atoms with Crippen LogP contribution in [0.4, 0.5) is 10.5 Å². The summed E-state index contributed by atoms with van der Waals surface area (Å²) in [5.74, 6) is 0.216. The predicted molar refractivity (Wildman–Crippen MR) is 100 cm³/mol. The van der Waals surface area contributed by atoms with Gasteiger partial charge in [0.25, 0.3) is 0 Å². The van der Waals surface area contributed by atoms with Crippen molar-refractivity contribution in [3.8, 4) is 11.5 Å². The fourth-order valence-electron chi connectivity index (χ4n) is 3.60. The molecule has 0 aromatic heterocycles. The molecule has 140 valence electrons. The van der Waals surface area contributed by atoms with Crippen LogP contribution in [0, 0.1) is 5.92 Å². The van der Waals surface area contributed by atoms with Crippen molar-refractivity contribution >= 4 is 29.2 Å². The molecule has 1 fully saturated rings. The van der Waals surface area contributed by atoms with E-state index < -0.39 is 23.7 Å². The van der Waals surface area contributed by atoms with Gasteiger partial charge in [0.05, 0.1) is 13.2 Å². The molecule has 3 amide bonds. The number of methoxy groups -OCH3 is 1. The number of amides is 3. The van der Waals surface area contributed by atoms with Crippen molar-refractivity contribution < 1.29 is 19.1 Å². The highest BCUT2D eigenvalue weighted by atomic mass is 35.5. The normalized spacial score (nSPS) is 25.4. The van der Waals surface area contributed by atoms with Gasteiger partial charge in [0.15, 0.2) is 5.72 Å². The number of hydrogen-bond donors (Lipinski definition) is 3. The first kappa shape index (κ1) is 17.5. The molecular formula is C19H18ClN3O4. The molecule has 3 N–H and O–H groups in total. The van der Waals surface area contributed by atoms with Crippen LogP contribution in [0.3, 0.4) is 0 Å². The molecule has 0 unspecified atom stereocenters. The molecular weight excluding hydrogens is 370 g/mol. The zero-order valence-electron chi connectivity index (χ0n) is 14.7. The van der Waals surface area contributed by atoms with E-state index in [1.54, 1.807) is 56.5 Å². The predicted octanol–water partition coefficient (Wildman–Crippen LogP) is 3.07. The molecule has 0 aliphatic carbocycles. The Kier molecular flexibility index (Phi) is 4.11. The first-order valence-electron chi connectivity index (χ1n) is 8.42. The van der Waals surface area contributed by atoms with E-state index in [0.29, 0.717) is 27.8 Å². The van der Waals surface area contributed by atoms with Crippen LogP contribution in [0.25, 0.3) is 0 Å². The Morgan fingerprint density at radius 3 is 2.70 bits per heavy atom. The van der Waals surface area contributed by atoms with Gasteiger partial charge < -0.3 is 20.1 Å². The van der Waals surface area contributed by atoms with Gasteiger partial charge in [-0.1, -0.05) is 11.6 Å². The van der Waals surface area contributed by atoms with Crippen LogP contribution >= 0.6 is 11.6 Å². The van der Waals surface area contributed by atoms with E-state index in [1.165, 1.54) is 0 Å². The SMILES string of the molecule is COc1ccc2c(c1)[C@H]1NC(=O)N[C@](C)(O2)[C@@H]1C(=O)Nc1ccc(Cl)cc1. The minimum atomic E-state index is -1.19. The van der Waals surface area contributed by atoms with Crippen molar-refractivity contribution in [1.82, 2.24) is 10.6 Å². The van der Waals surface area contributed by atoms with Gasteiger partial charge in [-0.2, -0.15) is 0 Å². The molecule has 8 heteroatoms. The van der Waals surface area contributed by atoms with Gasteiger partial charge in [-0.05, 0) is 49.4 Å². The van der Waals surface area contributed by atoms with Crippen LogP contribution in [-0.4, -0.2) is 24.8 Å². The van der Waals surface area contributed by atoms with Crippen LogP contribution < -0.4 is 25.4 Å². The molecule has 2 aromatic rings. The average Bonchev–Trinajstić information content (AvgIpc) is 2.62. The lowest BCUT2D eigenvalue weighted by Crippen LogP contribution is -2.70. The largest absolute Gasteiger partial charge is 0.497 e. The molecule has 2 bridgehead atoms. The van der Waals surface area contributed by atoms with E-state index in [-0.39, 0.29) is 5.91 Å². The lowest BCUT2D eigenvalue weighted by molar-refractivity contribution is -0.133. The number of fused-ring (bicyclic) bond motifs is 4. The number of nitrogens with one attached hydrogen (secondary N) is 3. The van der Waals surface area contributed by atoms with Gasteiger partial charge in [-0.15, -0.1) is 0 Å². The molecule has 0 radical (unpaired) electrons. The second-order valence-electron chi connectivity index (χ2n) is 6.66. The van der Waals surface area contributed by atoms with Crippen molar-refractivity contribution in [1.29, 1.82) is 0 Å². The molecule has 4 rings (SSSR count). The number of carbonyl (C=O) groups is 2. The Labute approximate surface area is 161 Å². The molecule has 1 saturated heterocycles. The summed E-state index contributed by atoms with van der Waals surface area (Å²) in [5, 5.41) is 9.02. The minimum absolute atomic E-state index is 0.286. The van der Waals surface area contributed by atoms with E-state index in [4.69, 9.17) is 21.1 Å². The first-order chi connectivity index (χ1) is 12.9. The molecule has 0 saturated carbocycles. The second kappa shape index (κ2) is 6.35. The number of benzene rings is 2. The van der Waals surface area contributed by atoms with E-state index in [2.05, 4.69) is 16.0 Å². The molecule has 2 aliphatic rings. The highest BCUT2D eigenvalue weighted by Crippen LogP contribution is 2.46. The first-order valence-corrected chi connectivity index (χ1v) is 8.79. The average molecular weight is 388 g/mol. The fourth-order valence-corrected chi connectivity index (χ4v) is 3.73. The maximum absolute atomic E-state index is 13.1. The van der Waals surface area contributed by atoms with Crippen molar-refractivity contribution in [3.05, 3.63) is 53.1 Å². The third-order valence-corrected chi connectivity index (χ3v) is 5.10. The Balaban J connectivity index is 1.71. The highest BCUT2D eigenvalue weighted by molar-refractivity contribution is 6.30. The summed E-state index contributed by atoms with van der Waals surface area (Å²) < 4.78 is 11.3. The molecule has 7 nitrogen and oxygen atoms in total. The van der Waals surface area contributed by atoms with Crippen LogP contribution in [0.5, 0.6) is 11.5 Å². The van der Waals surface area contributed by atoms with E-state index >= 15 is 0 Å². The fraction of sp³-hybridized carbons (Fsp3) is 0.263. The summed E-state index contributed by atoms with van der Waals surface area (Å²) in [6.07, 6.45) is 0. The highest BCUT2D eigenvalue weighted by Gasteiger charge is 2.55. The maximum Gasteiger partial charge on any atom is 0.318 e. The zero-order chi connectivity index (χ0) is 19.2. The number of halogens is 1. The van der Waals surface area contributed by atoms with Gasteiger partial charge >= 0.3 is 6.03 Å². The van der Waals surface area contributed by atoms with Crippen molar-refractivity contribution in [2.75, 3.05) is 12.4 Å². The zero-order valence-corrected chi connectivity index (χ0v) is 15.5. The maximum atomic E-state index is 13.1. The van der Waals surface area contributed by atoms with Crippen LogP contribution in [0.2, 0.25) is 5.02 Å². The Morgan fingerprint density at radius 2 is 2.00 bits per heavy atom. The topological polar surface area (TPSA) is 88.7 Å². The molecule has 27 heavy (non-hydrogen) atoms. The summed E-state index contributed by atoms with van der Waals surface area (Å²) >= 11 is 5.90. The molecule has 2 aromatic carbocycles. The van der Waals surface area contributed by atoms with Gasteiger partial charge in [0.2, 0.25) is 5.91 Å². The molecule has 2 heterocycles. The molecule has 3 atom stereocenters. The van der Waals surface area contributed by atoms with Gasteiger partial charge in [-0.25, -0.2) is 4.79 Å². The molecule has 0 spiro atoms. The summed E-state index contributed by atoms with van der Waals surface area (Å²) in [6.45, 7) is 1.69. The Morgan fingerprint density at radius 1 is 1.26 bits per heavy atom. The van der Waals surface area contributed by atoms with Gasteiger partial charge in [0, 0.05) is 16.3 Å². The standard InChI is InChI=1S/C19H18ClN3O4/c1-19-15(17(24)21-11-5-3-10(20)4-6-11)16(22-18(25)23-19)13-9-12(26-2)7-8-14(13)27-19/h3-9,15-16H,1-2H3,(H,21,24)(H2,22,23,25)/t15-,16+,19+/m0/s1. The number of carbonyl (C=O) groups excluding carboxylic acids is 2. The van der Waals surface area contributed by atoms with Crippen molar-refractivity contribution in [2.24, 2.45) is 5.92 Å². The van der Waals surface area contributed by atoms with Crippen LogP contribution in [0.1, 0.15) is 18.5 Å². The third-order valence-electron chi connectivity index (χ3n) is 4.84. The number of anilines is 1. The van der Waals surface area contributed by atoms with Crippen molar-refractivity contribution in [3.63, 3.8) is 0 Å². The minimum Gasteiger partial charge on any atom is -0.497 e. The monoisotopic (exact) mass is 387 g/mol. The van der Waals surface area contributed by atoms with Crippen molar-refractivity contribution in [2.45, 2.75) is 18.7 Å². The van der Waals surface area contributed by atoms with E-state index in [9.17, 15) is 9.59 Å². The quantitative estimate of drug-likeness (QED) is 0.755. The Hall–Kier alpha value is -2.93. The summed E-state index contributed by atoms with van der Waals surface area (Å²) in [4.78, 5) is 25.2. The van der Waals surface area contributed by atoms with E-state index in [0.717, 1.165) is 0 Å². The number of ether oxygens (including phenoxy) is 2. The Bertz CT molecular complexity index is 918. The van der Waals surface area contributed by atoms with Crippen LogP contribution in [-0.2, 0) is 4.79 Å². The van der Waals surface area contributed by atoms with E-state index in [1.807, 2.05) is 0 Å². The van der Waals surface area contributed by atoms with Gasteiger partial charge in [0.1, 0.15) is 17.4 Å². The second-order valence-corrected chi connectivity index (χ2v) is 7.10. The van der Waals surface area contributed by atoms with Gasteiger partial charge in [-0.3, -0.25) is 10.1 Å². The molecule has 2 aliphatic heterocycles.